The molecule has 0 aromatic carbocycles. The van der Waals surface area contributed by atoms with Crippen molar-refractivity contribution in [3.8, 4) is 0 Å². The van der Waals surface area contributed by atoms with Crippen LogP contribution in [-0.4, -0.2) is 69.0 Å². The Bertz CT molecular complexity index is 941. The Labute approximate surface area is 196 Å². The number of ketones is 1. The molecule has 34 heavy (non-hydrogen) atoms. The van der Waals surface area contributed by atoms with E-state index in [1.807, 2.05) is 0 Å². The van der Waals surface area contributed by atoms with Crippen LogP contribution in [0.4, 0.5) is 13.2 Å². The van der Waals surface area contributed by atoms with E-state index in [4.69, 9.17) is 0 Å². The van der Waals surface area contributed by atoms with Crippen LogP contribution in [0.25, 0.3) is 0 Å². The van der Waals surface area contributed by atoms with E-state index in [-0.39, 0.29) is 24.6 Å². The number of alkyl halides is 3. The van der Waals surface area contributed by atoms with Gasteiger partial charge in [0.2, 0.25) is 11.8 Å². The fraction of sp³-hybridized carbons (Fsp3) is 0.682. The first kappa shape index (κ1) is 27.3. The summed E-state index contributed by atoms with van der Waals surface area (Å²) in [6, 6.07) is -2.17. The Morgan fingerprint density at radius 2 is 1.65 bits per heavy atom. The summed E-state index contributed by atoms with van der Waals surface area (Å²) in [6.07, 6.45) is -4.39. The van der Waals surface area contributed by atoms with Gasteiger partial charge in [-0.15, -0.1) is 0 Å². The molecule has 2 heterocycles. The first-order valence-corrected chi connectivity index (χ1v) is 11.2. The predicted molar refractivity (Wildman–Crippen MR) is 117 cm³/mol. The van der Waals surface area contributed by atoms with E-state index in [1.54, 1.807) is 33.9 Å². The number of amides is 3. The summed E-state index contributed by atoms with van der Waals surface area (Å²) in [5, 5.41) is 9.00. The van der Waals surface area contributed by atoms with E-state index in [2.05, 4.69) is 15.7 Å². The van der Waals surface area contributed by atoms with Gasteiger partial charge in [-0.3, -0.25) is 23.9 Å². The molecule has 1 aromatic heterocycles. The van der Waals surface area contributed by atoms with Gasteiger partial charge in [0.1, 0.15) is 17.8 Å². The number of halogens is 3. The van der Waals surface area contributed by atoms with Gasteiger partial charge in [-0.05, 0) is 37.7 Å². The highest BCUT2D eigenvalue weighted by molar-refractivity contribution is 5.98. The molecule has 0 unspecified atom stereocenters. The van der Waals surface area contributed by atoms with Gasteiger partial charge in [-0.1, -0.05) is 27.7 Å². The SMILES string of the molecule is Cc1cc(C(=O)N[C@H](C(=O)N2CCC[C@H]2C(=O)N[C@H](C(=O)C(F)(F)F)C(C)C)C(C)C)n(C)n1. The van der Waals surface area contributed by atoms with Crippen LogP contribution in [0, 0.1) is 18.8 Å². The normalized spacial score (nSPS) is 18.2. The monoisotopic (exact) mass is 487 g/mol. The summed E-state index contributed by atoms with van der Waals surface area (Å²) >= 11 is 0. The van der Waals surface area contributed by atoms with Gasteiger partial charge >= 0.3 is 6.18 Å². The average Bonchev–Trinajstić information content (AvgIpc) is 3.34. The minimum absolute atomic E-state index is 0.209. The second-order valence-electron chi connectivity index (χ2n) is 9.27. The molecule has 1 aliphatic heterocycles. The molecule has 0 spiro atoms. The molecule has 1 aliphatic rings. The largest absolute Gasteiger partial charge is 0.452 e. The van der Waals surface area contributed by atoms with Crippen LogP contribution in [0.1, 0.15) is 56.7 Å². The van der Waals surface area contributed by atoms with Gasteiger partial charge < -0.3 is 15.5 Å². The molecule has 0 saturated carbocycles. The predicted octanol–water partition coefficient (Wildman–Crippen LogP) is 1.75. The third kappa shape index (κ3) is 6.15. The van der Waals surface area contributed by atoms with Gasteiger partial charge in [0, 0.05) is 13.6 Å². The maximum atomic E-state index is 13.3. The highest BCUT2D eigenvalue weighted by Gasteiger charge is 2.46. The molecule has 0 aliphatic carbocycles. The van der Waals surface area contributed by atoms with Crippen LogP contribution < -0.4 is 10.6 Å². The van der Waals surface area contributed by atoms with Crippen molar-refractivity contribution < 1.29 is 32.3 Å². The van der Waals surface area contributed by atoms with E-state index in [0.717, 1.165) is 0 Å². The zero-order valence-electron chi connectivity index (χ0n) is 20.2. The van der Waals surface area contributed by atoms with Crippen molar-refractivity contribution in [2.24, 2.45) is 18.9 Å². The number of carbonyl (C=O) groups excluding carboxylic acids is 4. The van der Waals surface area contributed by atoms with Gasteiger partial charge in [0.15, 0.2) is 0 Å². The first-order chi connectivity index (χ1) is 15.6. The summed E-state index contributed by atoms with van der Waals surface area (Å²) in [5.41, 5.74) is 0.890. The van der Waals surface area contributed by atoms with Gasteiger partial charge in [-0.2, -0.15) is 18.3 Å². The number of hydrogen-bond acceptors (Lipinski definition) is 5. The number of carbonyl (C=O) groups is 4. The minimum Gasteiger partial charge on any atom is -0.344 e. The zero-order valence-corrected chi connectivity index (χ0v) is 20.2. The number of hydrogen-bond donors (Lipinski definition) is 2. The third-order valence-electron chi connectivity index (χ3n) is 5.82. The maximum absolute atomic E-state index is 13.3. The summed E-state index contributed by atoms with van der Waals surface area (Å²) in [4.78, 5) is 52.0. The maximum Gasteiger partial charge on any atom is 0.452 e. The van der Waals surface area contributed by atoms with E-state index < -0.39 is 53.7 Å². The van der Waals surface area contributed by atoms with E-state index in [1.165, 1.54) is 23.4 Å². The molecule has 2 N–H and O–H groups in total. The van der Waals surface area contributed by atoms with Crippen LogP contribution >= 0.6 is 0 Å². The second-order valence-corrected chi connectivity index (χ2v) is 9.27. The number of aryl methyl sites for hydroxylation is 2. The fourth-order valence-corrected chi connectivity index (χ4v) is 3.99. The highest BCUT2D eigenvalue weighted by Crippen LogP contribution is 2.24. The Hall–Kier alpha value is -2.92. The first-order valence-electron chi connectivity index (χ1n) is 11.2. The Morgan fingerprint density at radius 3 is 2.12 bits per heavy atom. The number of likely N-dealkylation sites (tertiary alicyclic amines) is 1. The van der Waals surface area contributed by atoms with Gasteiger partial charge in [0.25, 0.3) is 11.7 Å². The molecule has 190 valence electrons. The molecule has 0 radical (unpaired) electrons. The topological polar surface area (TPSA) is 113 Å². The molecule has 0 bridgehead atoms. The summed E-state index contributed by atoms with van der Waals surface area (Å²) in [6.45, 7) is 8.20. The third-order valence-corrected chi connectivity index (χ3v) is 5.82. The van der Waals surface area contributed by atoms with E-state index in [9.17, 15) is 32.3 Å². The highest BCUT2D eigenvalue weighted by atomic mass is 19.4. The fourth-order valence-electron chi connectivity index (χ4n) is 3.99. The number of rotatable bonds is 8. The van der Waals surface area contributed by atoms with Crippen molar-refractivity contribution in [1.82, 2.24) is 25.3 Å². The minimum atomic E-state index is -5.09. The molecule has 2 rings (SSSR count). The molecular weight excluding hydrogens is 455 g/mol. The van der Waals surface area contributed by atoms with Crippen molar-refractivity contribution in [2.75, 3.05) is 6.54 Å². The standard InChI is InChI=1S/C22H32F3N5O4/c1-11(2)16(18(31)22(23,24)25)26-19(32)14-8-7-9-30(14)21(34)17(12(3)4)27-20(33)15-10-13(5)28-29(15)6/h10-12,14,16-17H,7-9H2,1-6H3,(H,26,32)(H,27,33)/t14-,16-,17-/m0/s1. The van der Waals surface area contributed by atoms with Gasteiger partial charge in [0.05, 0.1) is 11.7 Å². The number of Topliss-reactive ketones (excluding diaryl/α,β-unsaturated/α-hetero) is 1. The Morgan fingerprint density at radius 1 is 1.06 bits per heavy atom. The average molecular weight is 488 g/mol. The Balaban J connectivity index is 2.19. The van der Waals surface area contributed by atoms with Crippen LogP contribution in [-0.2, 0) is 21.4 Å². The summed E-state index contributed by atoms with van der Waals surface area (Å²) in [7, 11) is 1.60. The van der Waals surface area contributed by atoms with Crippen molar-refractivity contribution in [2.45, 2.75) is 71.8 Å². The lowest BCUT2D eigenvalue weighted by Crippen LogP contribution is -2.58. The zero-order chi connectivity index (χ0) is 26.0. The molecule has 1 fully saturated rings. The second kappa shape index (κ2) is 10.6. The van der Waals surface area contributed by atoms with Gasteiger partial charge in [-0.25, -0.2) is 0 Å². The molecule has 9 nitrogen and oxygen atoms in total. The molecule has 12 heteroatoms. The van der Waals surface area contributed by atoms with Crippen LogP contribution in [0.15, 0.2) is 6.07 Å². The summed E-state index contributed by atoms with van der Waals surface area (Å²) in [5.74, 6) is -5.00. The van der Waals surface area contributed by atoms with Crippen LogP contribution in [0.2, 0.25) is 0 Å². The molecule has 3 atom stereocenters. The Kier molecular flexibility index (Phi) is 8.49. The van der Waals surface area contributed by atoms with E-state index >= 15 is 0 Å². The van der Waals surface area contributed by atoms with Crippen molar-refractivity contribution >= 4 is 23.5 Å². The van der Waals surface area contributed by atoms with Crippen LogP contribution in [0.5, 0.6) is 0 Å². The van der Waals surface area contributed by atoms with Crippen molar-refractivity contribution in [1.29, 1.82) is 0 Å². The summed E-state index contributed by atoms with van der Waals surface area (Å²) < 4.78 is 40.3. The lowest BCUT2D eigenvalue weighted by molar-refractivity contribution is -0.175. The lowest BCUT2D eigenvalue weighted by Gasteiger charge is -2.31. The molecule has 1 aromatic rings. The lowest BCUT2D eigenvalue weighted by atomic mass is 9.98. The van der Waals surface area contributed by atoms with E-state index in [0.29, 0.717) is 12.1 Å². The van der Waals surface area contributed by atoms with Crippen molar-refractivity contribution in [3.05, 3.63) is 17.5 Å². The molecule has 3 amide bonds. The molecule has 1 saturated heterocycles. The number of nitrogens with one attached hydrogen (secondary N) is 2. The van der Waals surface area contributed by atoms with Crippen LogP contribution in [0.3, 0.4) is 0 Å². The quantitative estimate of drug-likeness (QED) is 0.580. The number of aromatic nitrogens is 2. The number of nitrogens with zero attached hydrogens (tertiary/aromatic N) is 3. The smallest absolute Gasteiger partial charge is 0.344 e. The van der Waals surface area contributed by atoms with Crippen molar-refractivity contribution in [3.63, 3.8) is 0 Å². The molecular formula is C22H32F3N5O4.